The van der Waals surface area contributed by atoms with Gasteiger partial charge in [0.25, 0.3) is 0 Å². The molecule has 0 bridgehead atoms. The molecule has 0 aliphatic heterocycles. The quantitative estimate of drug-likeness (QED) is 0.513. The van der Waals surface area contributed by atoms with Gasteiger partial charge in [-0.15, -0.1) is 0 Å². The topological polar surface area (TPSA) is 84.9 Å². The number of hydrogen-bond acceptors (Lipinski definition) is 5. The number of halogens is 1. The molecule has 6 nitrogen and oxygen atoms in total. The molecule has 2 atom stereocenters. The molecule has 2 aromatic carbocycles. The van der Waals surface area contributed by atoms with Gasteiger partial charge in [0.1, 0.15) is 5.60 Å². The van der Waals surface area contributed by atoms with Crippen LogP contribution in [0.1, 0.15) is 39.7 Å². The van der Waals surface area contributed by atoms with Gasteiger partial charge >= 0.3 is 12.1 Å². The minimum absolute atomic E-state index is 0.227. The highest BCUT2D eigenvalue weighted by atomic mass is 35.5. The highest BCUT2D eigenvalue weighted by Gasteiger charge is 2.26. The maximum Gasteiger partial charge on any atom is 0.407 e. The molecule has 0 fully saturated rings. The second kappa shape index (κ2) is 11.9. The maximum absolute atomic E-state index is 12.4. The summed E-state index contributed by atoms with van der Waals surface area (Å²) in [7, 11) is 0. The second-order valence-corrected chi connectivity index (χ2v) is 9.06. The van der Waals surface area contributed by atoms with Crippen LogP contribution >= 0.6 is 11.6 Å². The Hall–Kier alpha value is -2.57. The molecule has 0 unspecified atom stereocenters. The summed E-state index contributed by atoms with van der Waals surface area (Å²) >= 11 is 6.09. The first kappa shape index (κ1) is 25.7. The van der Waals surface area contributed by atoms with E-state index in [1.54, 1.807) is 27.7 Å². The predicted molar refractivity (Wildman–Crippen MR) is 126 cm³/mol. The predicted octanol–water partition coefficient (Wildman–Crippen LogP) is 5.00. The maximum atomic E-state index is 12.4. The number of aliphatic hydroxyl groups is 1. The number of esters is 1. The number of rotatable bonds is 9. The Bertz CT molecular complexity index is 892. The Morgan fingerprint density at radius 1 is 1.09 bits per heavy atom. The van der Waals surface area contributed by atoms with E-state index < -0.39 is 29.6 Å². The number of amides is 1. The lowest BCUT2D eigenvalue weighted by Crippen LogP contribution is -2.42. The standard InChI is InChI=1S/C25H32ClNO5/c1-5-31-23(29)20(16-28)15-22(27-24(30)32-25(2,3)4)13-17-9-11-18(12-10-17)19-7-6-8-21(26)14-19/h6-12,14,20,22,28H,5,13,15-16H2,1-4H3,(H,27,30)/t20-,22+/m0/s1. The van der Waals surface area contributed by atoms with Crippen molar-refractivity contribution in [2.75, 3.05) is 13.2 Å². The van der Waals surface area contributed by atoms with Gasteiger partial charge in [0.15, 0.2) is 0 Å². The summed E-state index contributed by atoms with van der Waals surface area (Å²) in [6.45, 7) is 6.93. The van der Waals surface area contributed by atoms with Crippen LogP contribution in [0.2, 0.25) is 5.02 Å². The van der Waals surface area contributed by atoms with E-state index in [1.807, 2.05) is 48.5 Å². The van der Waals surface area contributed by atoms with E-state index in [-0.39, 0.29) is 19.6 Å². The van der Waals surface area contributed by atoms with Crippen LogP contribution in [0, 0.1) is 5.92 Å². The molecule has 2 N–H and O–H groups in total. The fourth-order valence-electron chi connectivity index (χ4n) is 3.30. The van der Waals surface area contributed by atoms with Crippen molar-refractivity contribution in [2.24, 2.45) is 5.92 Å². The number of hydrogen-bond donors (Lipinski definition) is 2. The van der Waals surface area contributed by atoms with Crippen molar-refractivity contribution >= 4 is 23.7 Å². The summed E-state index contributed by atoms with van der Waals surface area (Å²) in [5, 5.41) is 13.2. The lowest BCUT2D eigenvalue weighted by molar-refractivity contribution is -0.149. The summed E-state index contributed by atoms with van der Waals surface area (Å²) in [6.07, 6.45) is 0.119. The van der Waals surface area contributed by atoms with Gasteiger partial charge in [-0.25, -0.2) is 4.79 Å². The van der Waals surface area contributed by atoms with Crippen LogP contribution in [0.5, 0.6) is 0 Å². The molecular formula is C25H32ClNO5. The van der Waals surface area contributed by atoms with Gasteiger partial charge in [0.2, 0.25) is 0 Å². The van der Waals surface area contributed by atoms with E-state index in [9.17, 15) is 14.7 Å². The Labute approximate surface area is 194 Å². The zero-order valence-electron chi connectivity index (χ0n) is 19.1. The molecular weight excluding hydrogens is 430 g/mol. The van der Waals surface area contributed by atoms with Crippen LogP contribution in [-0.4, -0.2) is 42.0 Å². The Balaban J connectivity index is 2.17. The molecule has 1 amide bonds. The normalized spacial score (nSPS) is 13.2. The fraction of sp³-hybridized carbons (Fsp3) is 0.440. The summed E-state index contributed by atoms with van der Waals surface area (Å²) in [6, 6.07) is 15.1. The zero-order chi connectivity index (χ0) is 23.7. The number of nitrogens with one attached hydrogen (secondary N) is 1. The largest absolute Gasteiger partial charge is 0.466 e. The number of carbonyl (C=O) groups excluding carboxylic acids is 2. The summed E-state index contributed by atoms with van der Waals surface area (Å²) in [5.41, 5.74) is 2.35. The molecule has 2 aromatic rings. The van der Waals surface area contributed by atoms with Crippen LogP contribution in [-0.2, 0) is 20.7 Å². The molecule has 0 spiro atoms. The molecule has 0 aromatic heterocycles. The lowest BCUT2D eigenvalue weighted by Gasteiger charge is -2.25. The minimum atomic E-state index is -0.736. The van der Waals surface area contributed by atoms with E-state index >= 15 is 0 Å². The Morgan fingerprint density at radius 3 is 2.34 bits per heavy atom. The van der Waals surface area contributed by atoms with E-state index in [2.05, 4.69) is 5.32 Å². The third kappa shape index (κ3) is 8.52. The summed E-state index contributed by atoms with van der Waals surface area (Å²) < 4.78 is 10.4. The first-order valence-corrected chi connectivity index (χ1v) is 11.1. The van der Waals surface area contributed by atoms with E-state index in [0.29, 0.717) is 11.4 Å². The summed E-state index contributed by atoms with van der Waals surface area (Å²) in [4.78, 5) is 24.5. The number of carbonyl (C=O) groups is 2. The molecule has 0 aliphatic rings. The third-order valence-electron chi connectivity index (χ3n) is 4.72. The zero-order valence-corrected chi connectivity index (χ0v) is 19.8. The van der Waals surface area contributed by atoms with Crippen molar-refractivity contribution in [1.29, 1.82) is 0 Å². The first-order chi connectivity index (χ1) is 15.1. The van der Waals surface area contributed by atoms with Crippen LogP contribution in [0.3, 0.4) is 0 Å². The van der Waals surface area contributed by atoms with E-state index in [1.165, 1.54) is 0 Å². The number of benzene rings is 2. The van der Waals surface area contributed by atoms with Crippen molar-refractivity contribution < 1.29 is 24.2 Å². The van der Waals surface area contributed by atoms with Gasteiger partial charge in [-0.05, 0) is 69.4 Å². The molecule has 2 rings (SSSR count). The van der Waals surface area contributed by atoms with Crippen molar-refractivity contribution in [1.82, 2.24) is 5.32 Å². The molecule has 7 heteroatoms. The van der Waals surface area contributed by atoms with Crippen molar-refractivity contribution in [3.8, 4) is 11.1 Å². The van der Waals surface area contributed by atoms with E-state index in [4.69, 9.17) is 21.1 Å². The Kier molecular flexibility index (Phi) is 9.54. The van der Waals surface area contributed by atoms with Gasteiger partial charge in [0, 0.05) is 11.1 Å². The van der Waals surface area contributed by atoms with Gasteiger partial charge in [-0.1, -0.05) is 48.0 Å². The second-order valence-electron chi connectivity index (χ2n) is 8.62. The van der Waals surface area contributed by atoms with Crippen LogP contribution in [0.15, 0.2) is 48.5 Å². The molecule has 0 radical (unpaired) electrons. The van der Waals surface area contributed by atoms with Gasteiger partial charge in [-0.2, -0.15) is 0 Å². The van der Waals surface area contributed by atoms with Gasteiger partial charge < -0.3 is 19.9 Å². The first-order valence-electron chi connectivity index (χ1n) is 10.7. The number of ether oxygens (including phenoxy) is 2. The lowest BCUT2D eigenvalue weighted by atomic mass is 9.94. The monoisotopic (exact) mass is 461 g/mol. The smallest absolute Gasteiger partial charge is 0.407 e. The minimum Gasteiger partial charge on any atom is -0.466 e. The molecule has 0 heterocycles. The number of alkyl carbamates (subject to hydrolysis) is 1. The van der Waals surface area contributed by atoms with Crippen LogP contribution in [0.4, 0.5) is 4.79 Å². The molecule has 174 valence electrons. The third-order valence-corrected chi connectivity index (χ3v) is 4.96. The Morgan fingerprint density at radius 2 is 1.78 bits per heavy atom. The van der Waals surface area contributed by atoms with Crippen LogP contribution in [0.25, 0.3) is 11.1 Å². The highest BCUT2D eigenvalue weighted by molar-refractivity contribution is 6.30. The summed E-state index contributed by atoms with van der Waals surface area (Å²) in [5.74, 6) is -1.22. The average Bonchev–Trinajstić information content (AvgIpc) is 2.71. The SMILES string of the molecule is CCOC(=O)[C@H](CO)C[C@@H](Cc1ccc(-c2cccc(Cl)c2)cc1)NC(=O)OC(C)(C)C. The van der Waals surface area contributed by atoms with Gasteiger partial charge in [0.05, 0.1) is 19.1 Å². The van der Waals surface area contributed by atoms with Crippen molar-refractivity contribution in [2.45, 2.75) is 52.2 Å². The van der Waals surface area contributed by atoms with Crippen LogP contribution < -0.4 is 5.32 Å². The highest BCUT2D eigenvalue weighted by Crippen LogP contribution is 2.24. The van der Waals surface area contributed by atoms with Crippen molar-refractivity contribution in [3.05, 3.63) is 59.1 Å². The average molecular weight is 462 g/mol. The fourth-order valence-corrected chi connectivity index (χ4v) is 3.49. The molecule has 0 aliphatic carbocycles. The van der Waals surface area contributed by atoms with Crippen molar-refractivity contribution in [3.63, 3.8) is 0 Å². The van der Waals surface area contributed by atoms with Gasteiger partial charge in [-0.3, -0.25) is 4.79 Å². The van der Waals surface area contributed by atoms with E-state index in [0.717, 1.165) is 16.7 Å². The molecule has 0 saturated carbocycles. The molecule has 32 heavy (non-hydrogen) atoms. The molecule has 0 saturated heterocycles. The number of aliphatic hydroxyl groups excluding tert-OH is 1.